The average molecular weight is 276 g/mol. The molecule has 0 fully saturated rings. The van der Waals surface area contributed by atoms with Gasteiger partial charge >= 0.3 is 12.1 Å². The lowest BCUT2D eigenvalue weighted by Gasteiger charge is -2.20. The number of amides is 1. The van der Waals surface area contributed by atoms with Crippen molar-refractivity contribution in [2.45, 2.75) is 13.0 Å². The first kappa shape index (κ1) is 15.5. The van der Waals surface area contributed by atoms with Gasteiger partial charge in [0.05, 0.1) is 19.6 Å². The van der Waals surface area contributed by atoms with E-state index < -0.39 is 18.7 Å². The van der Waals surface area contributed by atoms with Crippen LogP contribution in [0.3, 0.4) is 0 Å². The molecule has 0 aliphatic rings. The van der Waals surface area contributed by atoms with Gasteiger partial charge < -0.3 is 14.4 Å². The molecule has 1 aromatic carbocycles. The molecule has 0 bridgehead atoms. The molecule has 0 radical (unpaired) electrons. The van der Waals surface area contributed by atoms with Crippen molar-refractivity contribution >= 4 is 12.1 Å². The van der Waals surface area contributed by atoms with Crippen molar-refractivity contribution in [2.24, 2.45) is 0 Å². The van der Waals surface area contributed by atoms with Gasteiger partial charge in [0.25, 0.3) is 0 Å². The van der Waals surface area contributed by atoms with E-state index in [4.69, 9.17) is 10.00 Å². The monoisotopic (exact) mass is 276 g/mol. The predicted molar refractivity (Wildman–Crippen MR) is 70.4 cm³/mol. The first-order valence-corrected chi connectivity index (χ1v) is 6.06. The molecule has 0 heterocycles. The highest BCUT2D eigenvalue weighted by Crippen LogP contribution is 2.07. The van der Waals surface area contributed by atoms with Crippen LogP contribution in [0.2, 0.25) is 0 Å². The number of carbonyl (C=O) groups is 2. The van der Waals surface area contributed by atoms with Crippen LogP contribution in [-0.2, 0) is 20.8 Å². The molecular weight excluding hydrogens is 260 g/mol. The summed E-state index contributed by atoms with van der Waals surface area (Å²) >= 11 is 0. The Hall–Kier alpha value is -2.55. The van der Waals surface area contributed by atoms with Gasteiger partial charge in [-0.1, -0.05) is 30.3 Å². The fourth-order valence-electron chi connectivity index (χ4n) is 1.49. The standard InChI is InChI=1S/C14H16N2O4/c1-19-13(17)11-20-14(18)16(9-5-8-15)10-12-6-3-2-4-7-12/h2-4,6-7H,5,9-11H2,1H3. The molecule has 0 spiro atoms. The second kappa shape index (κ2) is 8.53. The number of ether oxygens (including phenoxy) is 2. The topological polar surface area (TPSA) is 79.6 Å². The first-order valence-electron chi connectivity index (χ1n) is 6.06. The third-order valence-electron chi connectivity index (χ3n) is 2.51. The van der Waals surface area contributed by atoms with Gasteiger partial charge in [0.15, 0.2) is 6.61 Å². The first-order chi connectivity index (χ1) is 9.67. The van der Waals surface area contributed by atoms with Gasteiger partial charge in [0, 0.05) is 13.1 Å². The zero-order chi connectivity index (χ0) is 14.8. The summed E-state index contributed by atoms with van der Waals surface area (Å²) in [6, 6.07) is 11.3. The van der Waals surface area contributed by atoms with Crippen LogP contribution < -0.4 is 0 Å². The molecule has 0 saturated heterocycles. The van der Waals surface area contributed by atoms with Crippen LogP contribution in [0.15, 0.2) is 30.3 Å². The summed E-state index contributed by atoms with van der Waals surface area (Å²) in [5.74, 6) is -0.627. The van der Waals surface area contributed by atoms with E-state index in [2.05, 4.69) is 4.74 Å². The number of rotatable bonds is 6. The second-order valence-electron chi connectivity index (χ2n) is 3.95. The number of methoxy groups -OCH3 is 1. The van der Waals surface area contributed by atoms with Gasteiger partial charge in [-0.3, -0.25) is 0 Å². The molecule has 0 aliphatic carbocycles. The molecular formula is C14H16N2O4. The van der Waals surface area contributed by atoms with Crippen LogP contribution >= 0.6 is 0 Å². The molecule has 0 N–H and O–H groups in total. The maximum atomic E-state index is 11.9. The molecule has 1 rings (SSSR count). The fraction of sp³-hybridized carbons (Fsp3) is 0.357. The highest BCUT2D eigenvalue weighted by atomic mass is 16.6. The van der Waals surface area contributed by atoms with Crippen LogP contribution in [0.4, 0.5) is 4.79 Å². The van der Waals surface area contributed by atoms with Gasteiger partial charge in [-0.2, -0.15) is 5.26 Å². The van der Waals surface area contributed by atoms with Crippen LogP contribution in [0.25, 0.3) is 0 Å². The minimum Gasteiger partial charge on any atom is -0.466 e. The highest BCUT2D eigenvalue weighted by Gasteiger charge is 2.16. The lowest BCUT2D eigenvalue weighted by molar-refractivity contribution is -0.144. The van der Waals surface area contributed by atoms with Crippen molar-refractivity contribution in [3.05, 3.63) is 35.9 Å². The maximum absolute atomic E-state index is 11.9. The molecule has 1 amide bonds. The fourth-order valence-corrected chi connectivity index (χ4v) is 1.49. The van der Waals surface area contributed by atoms with Gasteiger partial charge in [-0.05, 0) is 5.56 Å². The van der Waals surface area contributed by atoms with Crippen molar-refractivity contribution in [1.29, 1.82) is 5.26 Å². The smallest absolute Gasteiger partial charge is 0.410 e. The van der Waals surface area contributed by atoms with Crippen LogP contribution in [-0.4, -0.2) is 37.2 Å². The third-order valence-corrected chi connectivity index (χ3v) is 2.51. The normalized spacial score (nSPS) is 9.40. The number of hydrogen-bond acceptors (Lipinski definition) is 5. The van der Waals surface area contributed by atoms with E-state index >= 15 is 0 Å². The Bertz CT molecular complexity index is 482. The molecule has 1 aromatic rings. The summed E-state index contributed by atoms with van der Waals surface area (Å²) in [6.45, 7) is 0.126. The van der Waals surface area contributed by atoms with E-state index in [1.54, 1.807) is 0 Å². The van der Waals surface area contributed by atoms with Crippen molar-refractivity contribution < 1.29 is 19.1 Å². The average Bonchev–Trinajstić information content (AvgIpc) is 2.49. The zero-order valence-corrected chi connectivity index (χ0v) is 11.2. The summed E-state index contributed by atoms with van der Waals surface area (Å²) in [5, 5.41) is 8.62. The lowest BCUT2D eigenvalue weighted by Crippen LogP contribution is -2.33. The number of esters is 1. The largest absolute Gasteiger partial charge is 0.466 e. The number of nitriles is 1. The van der Waals surface area contributed by atoms with Crippen LogP contribution in [0.5, 0.6) is 0 Å². The summed E-state index contributed by atoms with van der Waals surface area (Å²) < 4.78 is 9.22. The number of hydrogen-bond donors (Lipinski definition) is 0. The number of benzene rings is 1. The van der Waals surface area contributed by atoms with E-state index in [9.17, 15) is 9.59 Å². The molecule has 0 atom stereocenters. The molecule has 20 heavy (non-hydrogen) atoms. The van der Waals surface area contributed by atoms with Crippen LogP contribution in [0.1, 0.15) is 12.0 Å². The Morgan fingerprint density at radius 3 is 2.60 bits per heavy atom. The Kier molecular flexibility index (Phi) is 6.62. The van der Waals surface area contributed by atoms with Crippen molar-refractivity contribution in [1.82, 2.24) is 4.90 Å². The van der Waals surface area contributed by atoms with Gasteiger partial charge in [0.1, 0.15) is 0 Å². The quantitative estimate of drug-likeness (QED) is 0.739. The predicted octanol–water partition coefficient (Wildman–Crippen LogP) is 1.71. The SMILES string of the molecule is COC(=O)COC(=O)N(CCC#N)Cc1ccccc1. The molecule has 0 unspecified atom stereocenters. The summed E-state index contributed by atoms with van der Waals surface area (Å²) in [7, 11) is 1.22. The van der Waals surface area contributed by atoms with E-state index in [0.717, 1.165) is 5.56 Å². The summed E-state index contributed by atoms with van der Waals surface area (Å²) in [5.41, 5.74) is 0.917. The van der Waals surface area contributed by atoms with Crippen molar-refractivity contribution in [3.8, 4) is 6.07 Å². The number of carbonyl (C=O) groups excluding carboxylic acids is 2. The zero-order valence-electron chi connectivity index (χ0n) is 11.2. The van der Waals surface area contributed by atoms with Gasteiger partial charge in [0.2, 0.25) is 0 Å². The Morgan fingerprint density at radius 1 is 1.30 bits per heavy atom. The summed E-state index contributed by atoms with van der Waals surface area (Å²) in [4.78, 5) is 24.2. The van der Waals surface area contributed by atoms with Gasteiger partial charge in [-0.25, -0.2) is 9.59 Å². The van der Waals surface area contributed by atoms with Gasteiger partial charge in [-0.15, -0.1) is 0 Å². The minimum atomic E-state index is -0.644. The molecule has 0 aromatic heterocycles. The van der Waals surface area contributed by atoms with E-state index in [1.165, 1.54) is 12.0 Å². The molecule has 0 aliphatic heterocycles. The van der Waals surface area contributed by atoms with Crippen molar-refractivity contribution in [3.63, 3.8) is 0 Å². The number of nitrogens with zero attached hydrogens (tertiary/aromatic N) is 2. The molecule has 106 valence electrons. The third kappa shape index (κ3) is 5.40. The second-order valence-corrected chi connectivity index (χ2v) is 3.95. The van der Waals surface area contributed by atoms with Crippen molar-refractivity contribution in [2.75, 3.05) is 20.3 Å². The minimum absolute atomic E-state index is 0.195. The highest BCUT2D eigenvalue weighted by molar-refractivity contribution is 5.75. The lowest BCUT2D eigenvalue weighted by atomic mass is 10.2. The van der Waals surface area contributed by atoms with Crippen LogP contribution in [0, 0.1) is 11.3 Å². The molecule has 6 nitrogen and oxygen atoms in total. The Labute approximate surface area is 117 Å². The van der Waals surface area contributed by atoms with E-state index in [0.29, 0.717) is 6.54 Å². The molecule has 6 heteroatoms. The summed E-state index contributed by atoms with van der Waals surface area (Å²) in [6.07, 6.45) is -0.449. The Morgan fingerprint density at radius 2 is 2.00 bits per heavy atom. The maximum Gasteiger partial charge on any atom is 0.410 e. The van der Waals surface area contributed by atoms with E-state index in [1.807, 2.05) is 36.4 Å². The molecule has 0 saturated carbocycles. The van der Waals surface area contributed by atoms with E-state index in [-0.39, 0.29) is 13.0 Å². The Balaban J connectivity index is 2.61.